The summed E-state index contributed by atoms with van der Waals surface area (Å²) in [5.41, 5.74) is 1.29. The molecule has 10 heteroatoms. The molecule has 1 aliphatic rings. The summed E-state index contributed by atoms with van der Waals surface area (Å²) in [6.45, 7) is 3.60. The summed E-state index contributed by atoms with van der Waals surface area (Å²) >= 11 is 0. The number of halogens is 2. The Hall–Kier alpha value is -2.42. The number of anilines is 1. The van der Waals surface area contributed by atoms with Crippen molar-refractivity contribution < 1.29 is 9.72 Å². The van der Waals surface area contributed by atoms with E-state index in [2.05, 4.69) is 20.9 Å². The average Bonchev–Trinajstić information content (AvgIpc) is 2.69. The minimum atomic E-state index is -0.477. The maximum Gasteiger partial charge on any atom is 0.293 e. The number of nitrogens with zero attached hydrogens (tertiary/aromatic N) is 2. The molecular formula is C19H25Cl2N5O3. The van der Waals surface area contributed by atoms with Gasteiger partial charge < -0.3 is 16.0 Å². The fraction of sp³-hybridized carbons (Fsp3) is 0.368. The molecule has 0 radical (unpaired) electrons. The van der Waals surface area contributed by atoms with E-state index in [-0.39, 0.29) is 54.1 Å². The molecule has 2 aromatic rings. The van der Waals surface area contributed by atoms with Gasteiger partial charge in [-0.2, -0.15) is 0 Å². The molecule has 2 heterocycles. The normalized spacial score (nSPS) is 14.7. The van der Waals surface area contributed by atoms with Crippen molar-refractivity contribution in [3.63, 3.8) is 0 Å². The summed E-state index contributed by atoms with van der Waals surface area (Å²) < 4.78 is 0. The summed E-state index contributed by atoms with van der Waals surface area (Å²) in [5, 5.41) is 20.8. The van der Waals surface area contributed by atoms with Crippen molar-refractivity contribution in [1.82, 2.24) is 15.6 Å². The largest absolute Gasteiger partial charge is 0.371 e. The maximum absolute atomic E-state index is 12.5. The van der Waals surface area contributed by atoms with Crippen LogP contribution in [0.15, 0.2) is 42.6 Å². The van der Waals surface area contributed by atoms with Crippen LogP contribution in [-0.2, 0) is 0 Å². The fourth-order valence-electron chi connectivity index (χ4n) is 3.12. The van der Waals surface area contributed by atoms with Gasteiger partial charge in [0, 0.05) is 23.9 Å². The fourth-order valence-corrected chi connectivity index (χ4v) is 3.12. The van der Waals surface area contributed by atoms with Gasteiger partial charge in [-0.05, 0) is 57.1 Å². The van der Waals surface area contributed by atoms with Crippen molar-refractivity contribution >= 4 is 42.1 Å². The van der Waals surface area contributed by atoms with Crippen molar-refractivity contribution in [2.24, 2.45) is 0 Å². The number of nitrogens with one attached hydrogen (secondary N) is 3. The lowest BCUT2D eigenvalue weighted by Crippen LogP contribution is -2.42. The number of carbonyl (C=O) groups excluding carboxylic acids is 1. The number of aromatic nitrogens is 1. The lowest BCUT2D eigenvalue weighted by Gasteiger charge is -2.23. The molecule has 29 heavy (non-hydrogen) atoms. The van der Waals surface area contributed by atoms with Crippen LogP contribution in [0.4, 0.5) is 11.4 Å². The van der Waals surface area contributed by atoms with Crippen LogP contribution >= 0.6 is 24.8 Å². The number of nitro benzene ring substituents is 1. The summed E-state index contributed by atoms with van der Waals surface area (Å²) in [6.07, 6.45) is 3.39. The summed E-state index contributed by atoms with van der Waals surface area (Å²) in [7, 11) is 0. The highest BCUT2D eigenvalue weighted by Crippen LogP contribution is 2.29. The summed E-state index contributed by atoms with van der Waals surface area (Å²) in [5.74, 6) is -0.283. The van der Waals surface area contributed by atoms with Gasteiger partial charge in [0.05, 0.1) is 16.7 Å². The molecule has 0 spiro atoms. The first kappa shape index (κ1) is 24.6. The Morgan fingerprint density at radius 1 is 1.24 bits per heavy atom. The second kappa shape index (κ2) is 11.5. The van der Waals surface area contributed by atoms with Crippen LogP contribution in [0.1, 0.15) is 41.9 Å². The van der Waals surface area contributed by atoms with E-state index in [1.807, 2.05) is 25.1 Å². The molecule has 0 bridgehead atoms. The molecule has 1 aliphatic heterocycles. The van der Waals surface area contributed by atoms with Crippen molar-refractivity contribution in [1.29, 1.82) is 0 Å². The van der Waals surface area contributed by atoms with Gasteiger partial charge >= 0.3 is 0 Å². The Balaban J connectivity index is 0.00000210. The molecule has 1 fully saturated rings. The van der Waals surface area contributed by atoms with Crippen molar-refractivity contribution in [2.45, 2.75) is 31.8 Å². The number of amides is 1. The van der Waals surface area contributed by atoms with Gasteiger partial charge in [-0.1, -0.05) is 6.07 Å². The van der Waals surface area contributed by atoms with E-state index in [1.54, 1.807) is 18.3 Å². The number of hydrogen-bond donors (Lipinski definition) is 3. The minimum absolute atomic E-state index is 0. The van der Waals surface area contributed by atoms with E-state index in [0.717, 1.165) is 31.6 Å². The highest BCUT2D eigenvalue weighted by atomic mass is 35.5. The molecule has 1 unspecified atom stereocenters. The van der Waals surface area contributed by atoms with Crippen LogP contribution < -0.4 is 16.0 Å². The number of piperidine rings is 1. The molecule has 3 rings (SSSR count). The second-order valence-corrected chi connectivity index (χ2v) is 6.61. The number of hydrogen-bond acceptors (Lipinski definition) is 6. The molecule has 0 saturated carbocycles. The standard InChI is InChI=1S/C19H23N5O3.2ClH/c1-13(16-4-2-3-9-21-16)22-17-6-5-14(12-18(17)24(26)27)19(25)23-15-7-10-20-11-8-15;;/h2-6,9,12-13,15,20,22H,7-8,10-11H2,1H3,(H,23,25);2*1H. The van der Waals surface area contributed by atoms with Crippen LogP contribution in [0.25, 0.3) is 0 Å². The first-order valence-corrected chi connectivity index (χ1v) is 9.02. The molecule has 0 aliphatic carbocycles. The van der Waals surface area contributed by atoms with Crippen molar-refractivity contribution in [2.75, 3.05) is 18.4 Å². The Bertz CT molecular complexity index is 817. The SMILES string of the molecule is CC(Nc1ccc(C(=O)NC2CCNCC2)cc1[N+](=O)[O-])c1ccccn1.Cl.Cl. The highest BCUT2D eigenvalue weighted by molar-refractivity contribution is 5.96. The highest BCUT2D eigenvalue weighted by Gasteiger charge is 2.21. The lowest BCUT2D eigenvalue weighted by atomic mass is 10.1. The van der Waals surface area contributed by atoms with Gasteiger partial charge in [0.1, 0.15) is 5.69 Å². The number of benzene rings is 1. The molecule has 1 amide bonds. The van der Waals surface area contributed by atoms with E-state index >= 15 is 0 Å². The third kappa shape index (κ3) is 6.56. The Morgan fingerprint density at radius 3 is 2.59 bits per heavy atom. The number of nitro groups is 1. The minimum Gasteiger partial charge on any atom is -0.371 e. The van der Waals surface area contributed by atoms with E-state index in [9.17, 15) is 14.9 Å². The Kier molecular flexibility index (Phi) is 9.80. The van der Waals surface area contributed by atoms with Crippen molar-refractivity contribution in [3.05, 3.63) is 64.0 Å². The molecule has 1 aromatic heterocycles. The van der Waals surface area contributed by atoms with Crippen LogP contribution in [-0.4, -0.2) is 34.9 Å². The van der Waals surface area contributed by atoms with Gasteiger partial charge in [0.2, 0.25) is 0 Å². The maximum atomic E-state index is 12.5. The van der Waals surface area contributed by atoms with Crippen LogP contribution in [0, 0.1) is 10.1 Å². The molecule has 158 valence electrons. The van der Waals surface area contributed by atoms with Crippen LogP contribution in [0.3, 0.4) is 0 Å². The number of rotatable bonds is 6. The van der Waals surface area contributed by atoms with Gasteiger partial charge in [-0.15, -0.1) is 24.8 Å². The first-order valence-electron chi connectivity index (χ1n) is 9.02. The molecule has 3 N–H and O–H groups in total. The van der Waals surface area contributed by atoms with Crippen molar-refractivity contribution in [3.8, 4) is 0 Å². The Labute approximate surface area is 181 Å². The molecule has 1 atom stereocenters. The van der Waals surface area contributed by atoms with Gasteiger partial charge in [-0.25, -0.2) is 0 Å². The molecule has 1 aromatic carbocycles. The molecule has 1 saturated heterocycles. The third-order valence-electron chi connectivity index (χ3n) is 4.63. The quantitative estimate of drug-likeness (QED) is 0.467. The lowest BCUT2D eigenvalue weighted by molar-refractivity contribution is -0.384. The van der Waals surface area contributed by atoms with Gasteiger partial charge in [0.25, 0.3) is 11.6 Å². The van der Waals surface area contributed by atoms with Gasteiger partial charge in [-0.3, -0.25) is 19.9 Å². The van der Waals surface area contributed by atoms with Gasteiger partial charge in [0.15, 0.2) is 0 Å². The predicted molar refractivity (Wildman–Crippen MR) is 117 cm³/mol. The zero-order valence-corrected chi connectivity index (χ0v) is 17.6. The average molecular weight is 442 g/mol. The van der Waals surface area contributed by atoms with E-state index in [0.29, 0.717) is 5.69 Å². The smallest absolute Gasteiger partial charge is 0.293 e. The third-order valence-corrected chi connectivity index (χ3v) is 4.63. The predicted octanol–water partition coefficient (Wildman–Crippen LogP) is 3.49. The zero-order chi connectivity index (χ0) is 19.2. The van der Waals surface area contributed by atoms with E-state index < -0.39 is 4.92 Å². The molecule has 8 nitrogen and oxygen atoms in total. The summed E-state index contributed by atoms with van der Waals surface area (Å²) in [6, 6.07) is 9.93. The van der Waals surface area contributed by atoms with E-state index in [4.69, 9.17) is 0 Å². The van der Waals surface area contributed by atoms with Crippen LogP contribution in [0.2, 0.25) is 0 Å². The van der Waals surface area contributed by atoms with Crippen LogP contribution in [0.5, 0.6) is 0 Å². The number of pyridine rings is 1. The zero-order valence-electron chi connectivity index (χ0n) is 16.0. The number of carbonyl (C=O) groups is 1. The summed E-state index contributed by atoms with van der Waals surface area (Å²) in [4.78, 5) is 27.8. The monoisotopic (exact) mass is 441 g/mol. The Morgan fingerprint density at radius 2 is 1.97 bits per heavy atom. The van der Waals surface area contributed by atoms with E-state index in [1.165, 1.54) is 6.07 Å². The molecular weight excluding hydrogens is 417 g/mol. The first-order chi connectivity index (χ1) is 13.0. The second-order valence-electron chi connectivity index (χ2n) is 6.61. The topological polar surface area (TPSA) is 109 Å².